The molecule has 0 radical (unpaired) electrons. The van der Waals surface area contributed by atoms with Crippen molar-refractivity contribution in [3.05, 3.63) is 60.2 Å². The van der Waals surface area contributed by atoms with Crippen LogP contribution in [0.4, 0.5) is 16.2 Å². The Labute approximate surface area is 179 Å². The molecule has 160 valence electrons. The van der Waals surface area contributed by atoms with Gasteiger partial charge in [-0.05, 0) is 36.2 Å². The van der Waals surface area contributed by atoms with E-state index in [0.29, 0.717) is 13.0 Å². The van der Waals surface area contributed by atoms with Crippen molar-refractivity contribution < 1.29 is 9.59 Å². The lowest BCUT2D eigenvalue weighted by atomic mass is 10.1. The first-order valence-electron chi connectivity index (χ1n) is 10.9. The largest absolute Gasteiger partial charge is 0.368 e. The summed E-state index contributed by atoms with van der Waals surface area (Å²) in [5.41, 5.74) is 2.93. The summed E-state index contributed by atoms with van der Waals surface area (Å²) in [5, 5.41) is 5.73. The SMILES string of the molecule is CCCCCC(=O)N1CCN(c2ccc(NC(=O)NCc3ccccc3)cc2)CC1. The highest BCUT2D eigenvalue weighted by molar-refractivity contribution is 5.89. The number of nitrogens with one attached hydrogen (secondary N) is 2. The third-order valence-electron chi connectivity index (χ3n) is 5.41. The van der Waals surface area contributed by atoms with Gasteiger partial charge < -0.3 is 20.4 Å². The van der Waals surface area contributed by atoms with Gasteiger partial charge >= 0.3 is 6.03 Å². The molecule has 0 atom stereocenters. The predicted molar refractivity (Wildman–Crippen MR) is 122 cm³/mol. The van der Waals surface area contributed by atoms with Crippen LogP contribution in [-0.2, 0) is 11.3 Å². The molecule has 6 nitrogen and oxygen atoms in total. The van der Waals surface area contributed by atoms with E-state index in [2.05, 4.69) is 22.5 Å². The highest BCUT2D eigenvalue weighted by atomic mass is 16.2. The minimum Gasteiger partial charge on any atom is -0.368 e. The zero-order valence-electron chi connectivity index (χ0n) is 17.8. The maximum absolute atomic E-state index is 12.3. The number of nitrogens with zero attached hydrogens (tertiary/aromatic N) is 2. The van der Waals surface area contributed by atoms with Crippen LogP contribution in [0, 0.1) is 0 Å². The van der Waals surface area contributed by atoms with Crippen LogP contribution in [0.3, 0.4) is 0 Å². The number of carbonyl (C=O) groups is 2. The molecule has 1 heterocycles. The molecule has 1 fully saturated rings. The zero-order chi connectivity index (χ0) is 21.2. The third-order valence-corrected chi connectivity index (χ3v) is 5.41. The van der Waals surface area contributed by atoms with Gasteiger partial charge in [-0.3, -0.25) is 4.79 Å². The normalized spacial score (nSPS) is 13.8. The Morgan fingerprint density at radius 1 is 0.900 bits per heavy atom. The smallest absolute Gasteiger partial charge is 0.319 e. The summed E-state index contributed by atoms with van der Waals surface area (Å²) in [4.78, 5) is 28.6. The summed E-state index contributed by atoms with van der Waals surface area (Å²) in [6, 6.07) is 17.5. The molecule has 3 amide bonds. The van der Waals surface area contributed by atoms with Gasteiger partial charge in [0.25, 0.3) is 0 Å². The molecule has 0 bridgehead atoms. The van der Waals surface area contributed by atoms with Gasteiger partial charge in [-0.2, -0.15) is 0 Å². The van der Waals surface area contributed by atoms with Gasteiger partial charge in [-0.1, -0.05) is 50.1 Å². The fourth-order valence-electron chi connectivity index (χ4n) is 3.61. The molecule has 1 saturated heterocycles. The van der Waals surface area contributed by atoms with Crippen LogP contribution in [0.5, 0.6) is 0 Å². The summed E-state index contributed by atoms with van der Waals surface area (Å²) in [5.74, 6) is 0.282. The maximum atomic E-state index is 12.3. The van der Waals surface area contributed by atoms with Crippen LogP contribution in [-0.4, -0.2) is 43.0 Å². The van der Waals surface area contributed by atoms with Crippen molar-refractivity contribution in [2.24, 2.45) is 0 Å². The molecule has 2 aromatic rings. The second-order valence-corrected chi connectivity index (χ2v) is 7.67. The Morgan fingerprint density at radius 3 is 2.27 bits per heavy atom. The topological polar surface area (TPSA) is 64.7 Å². The van der Waals surface area contributed by atoms with Crippen molar-refractivity contribution in [1.82, 2.24) is 10.2 Å². The lowest BCUT2D eigenvalue weighted by Crippen LogP contribution is -2.48. The number of urea groups is 1. The lowest BCUT2D eigenvalue weighted by Gasteiger charge is -2.36. The van der Waals surface area contributed by atoms with Gasteiger partial charge in [0.2, 0.25) is 5.91 Å². The van der Waals surface area contributed by atoms with E-state index in [-0.39, 0.29) is 11.9 Å². The molecular formula is C24H32N4O2. The Kier molecular flexibility index (Phi) is 8.12. The van der Waals surface area contributed by atoms with Crippen LogP contribution in [0.2, 0.25) is 0 Å². The Morgan fingerprint density at radius 2 is 1.60 bits per heavy atom. The van der Waals surface area contributed by atoms with Crippen molar-refractivity contribution in [3.8, 4) is 0 Å². The van der Waals surface area contributed by atoms with Crippen LogP contribution in [0.15, 0.2) is 54.6 Å². The molecule has 0 unspecified atom stereocenters. The van der Waals surface area contributed by atoms with Gasteiger partial charge in [0.1, 0.15) is 0 Å². The Hall–Kier alpha value is -3.02. The minimum atomic E-state index is -0.221. The highest BCUT2D eigenvalue weighted by Gasteiger charge is 2.20. The maximum Gasteiger partial charge on any atom is 0.319 e. The van der Waals surface area contributed by atoms with Crippen molar-refractivity contribution >= 4 is 23.3 Å². The molecule has 6 heteroatoms. The van der Waals surface area contributed by atoms with E-state index in [1.165, 1.54) is 0 Å². The van der Waals surface area contributed by atoms with E-state index in [1.807, 2.05) is 59.5 Å². The molecule has 0 saturated carbocycles. The number of anilines is 2. The van der Waals surface area contributed by atoms with Gasteiger partial charge in [0.05, 0.1) is 0 Å². The van der Waals surface area contributed by atoms with Gasteiger partial charge in [-0.15, -0.1) is 0 Å². The standard InChI is InChI=1S/C24H32N4O2/c1-2-3-5-10-23(29)28-17-15-27(16-18-28)22-13-11-21(12-14-22)26-24(30)25-19-20-8-6-4-7-9-20/h4,6-9,11-14H,2-3,5,10,15-19H2,1H3,(H2,25,26,30). The summed E-state index contributed by atoms with van der Waals surface area (Å²) >= 11 is 0. The second-order valence-electron chi connectivity index (χ2n) is 7.67. The molecule has 30 heavy (non-hydrogen) atoms. The summed E-state index contributed by atoms with van der Waals surface area (Å²) < 4.78 is 0. The molecule has 0 spiro atoms. The van der Waals surface area contributed by atoms with Gasteiger partial charge in [-0.25, -0.2) is 4.79 Å². The number of unbranched alkanes of at least 4 members (excludes halogenated alkanes) is 2. The van der Waals surface area contributed by atoms with Crippen molar-refractivity contribution in [2.75, 3.05) is 36.4 Å². The molecule has 0 aromatic heterocycles. The molecule has 3 rings (SSSR count). The van der Waals surface area contributed by atoms with Crippen LogP contribution >= 0.6 is 0 Å². The van der Waals surface area contributed by atoms with Crippen LogP contribution < -0.4 is 15.5 Å². The molecule has 1 aliphatic heterocycles. The van der Waals surface area contributed by atoms with E-state index < -0.39 is 0 Å². The third kappa shape index (κ3) is 6.51. The first-order valence-corrected chi connectivity index (χ1v) is 10.9. The quantitative estimate of drug-likeness (QED) is 0.642. The van der Waals surface area contributed by atoms with Crippen molar-refractivity contribution in [2.45, 2.75) is 39.2 Å². The van der Waals surface area contributed by atoms with Crippen LogP contribution in [0.1, 0.15) is 38.2 Å². The average molecular weight is 409 g/mol. The molecule has 0 aliphatic carbocycles. The van der Waals surface area contributed by atoms with Crippen molar-refractivity contribution in [3.63, 3.8) is 0 Å². The number of rotatable bonds is 8. The number of carbonyl (C=O) groups excluding carboxylic acids is 2. The number of hydrogen-bond acceptors (Lipinski definition) is 3. The second kappa shape index (κ2) is 11.2. The highest BCUT2D eigenvalue weighted by Crippen LogP contribution is 2.20. The number of hydrogen-bond donors (Lipinski definition) is 2. The number of piperazine rings is 1. The summed E-state index contributed by atoms with van der Waals surface area (Å²) in [6.07, 6.45) is 3.92. The molecule has 2 aromatic carbocycles. The van der Waals surface area contributed by atoms with E-state index >= 15 is 0 Å². The molecular weight excluding hydrogens is 376 g/mol. The Balaban J connectivity index is 1.42. The average Bonchev–Trinajstić information content (AvgIpc) is 2.79. The zero-order valence-corrected chi connectivity index (χ0v) is 17.8. The van der Waals surface area contributed by atoms with E-state index in [9.17, 15) is 9.59 Å². The van der Waals surface area contributed by atoms with E-state index in [1.54, 1.807) is 0 Å². The first kappa shape index (κ1) is 21.7. The monoisotopic (exact) mass is 408 g/mol. The van der Waals surface area contributed by atoms with Crippen LogP contribution in [0.25, 0.3) is 0 Å². The van der Waals surface area contributed by atoms with Gasteiger partial charge in [0.15, 0.2) is 0 Å². The molecule has 1 aliphatic rings. The number of benzene rings is 2. The van der Waals surface area contributed by atoms with Gasteiger partial charge in [0, 0.05) is 50.5 Å². The Bertz CT molecular complexity index is 800. The minimum absolute atomic E-state index is 0.221. The fraction of sp³-hybridized carbons (Fsp3) is 0.417. The van der Waals surface area contributed by atoms with Crippen molar-refractivity contribution in [1.29, 1.82) is 0 Å². The van der Waals surface area contributed by atoms with E-state index in [0.717, 1.165) is 62.4 Å². The number of amides is 3. The lowest BCUT2D eigenvalue weighted by molar-refractivity contribution is -0.131. The predicted octanol–water partition coefficient (Wildman–Crippen LogP) is 4.24. The van der Waals surface area contributed by atoms with E-state index in [4.69, 9.17) is 0 Å². The molecule has 2 N–H and O–H groups in total. The summed E-state index contributed by atoms with van der Waals surface area (Å²) in [7, 11) is 0. The fourth-order valence-corrected chi connectivity index (χ4v) is 3.61. The first-order chi connectivity index (χ1) is 14.7. The summed E-state index contributed by atoms with van der Waals surface area (Å²) in [6.45, 7) is 5.86.